The van der Waals surface area contributed by atoms with Crippen LogP contribution in [0.2, 0.25) is 0 Å². The molecule has 0 radical (unpaired) electrons. The fourth-order valence-electron chi connectivity index (χ4n) is 13.0. The number of aromatic hydroxyl groups is 2. The Morgan fingerprint density at radius 1 is 0.915 bits per heavy atom. The van der Waals surface area contributed by atoms with Gasteiger partial charge in [0.1, 0.15) is 17.1 Å². The van der Waals surface area contributed by atoms with Crippen LogP contribution >= 0.6 is 0 Å². The lowest BCUT2D eigenvalue weighted by Gasteiger charge is -2.62. The van der Waals surface area contributed by atoms with Gasteiger partial charge < -0.3 is 40.5 Å². The molecule has 47 heavy (non-hydrogen) atoms. The zero-order chi connectivity index (χ0) is 33.9. The van der Waals surface area contributed by atoms with Crippen molar-refractivity contribution in [3.63, 3.8) is 0 Å². The Kier molecular flexibility index (Phi) is 6.45. The number of benzene rings is 1. The summed E-state index contributed by atoms with van der Waals surface area (Å²) in [5, 5.41) is 80.9. The van der Waals surface area contributed by atoms with Crippen molar-refractivity contribution in [3.05, 3.63) is 47.6 Å². The maximum atomic E-state index is 14.4. The van der Waals surface area contributed by atoms with Gasteiger partial charge in [-0.05, 0) is 91.0 Å². The Morgan fingerprint density at radius 2 is 1.60 bits per heavy atom. The third kappa shape index (κ3) is 3.64. The molecular formula is C38H50O9. The van der Waals surface area contributed by atoms with Crippen LogP contribution < -0.4 is 0 Å². The molecule has 5 fully saturated rings. The maximum Gasteiger partial charge on any atom is 0.160 e. The van der Waals surface area contributed by atoms with E-state index in [0.29, 0.717) is 24.0 Å². The molecule has 8 aliphatic rings. The Labute approximate surface area is 276 Å². The van der Waals surface area contributed by atoms with E-state index in [4.69, 9.17) is 4.74 Å². The van der Waals surface area contributed by atoms with Gasteiger partial charge in [0.15, 0.2) is 5.78 Å². The van der Waals surface area contributed by atoms with Crippen molar-refractivity contribution >= 4 is 5.78 Å². The van der Waals surface area contributed by atoms with Crippen LogP contribution in [0.4, 0.5) is 0 Å². The first kappa shape index (κ1) is 32.0. The molecule has 256 valence electrons. The number of fused-ring (bicyclic) bond motifs is 9. The van der Waals surface area contributed by atoms with E-state index in [1.807, 2.05) is 20.8 Å². The molecule has 1 aromatic rings. The highest BCUT2D eigenvalue weighted by Gasteiger charge is 2.80. The van der Waals surface area contributed by atoms with Gasteiger partial charge in [-0.25, -0.2) is 0 Å². The molecule has 4 saturated carbocycles. The Hall–Kier alpha value is -2.27. The summed E-state index contributed by atoms with van der Waals surface area (Å²) in [4.78, 5) is 14.4. The molecule has 1 heterocycles. The van der Waals surface area contributed by atoms with Gasteiger partial charge in [-0.15, -0.1) is 0 Å². The van der Waals surface area contributed by atoms with E-state index in [2.05, 4.69) is 19.1 Å². The minimum Gasteiger partial charge on any atom is -0.508 e. The summed E-state index contributed by atoms with van der Waals surface area (Å²) in [6.07, 6.45) is 5.04. The number of hydrogen-bond donors (Lipinski definition) is 7. The lowest BCUT2D eigenvalue weighted by atomic mass is 9.43. The van der Waals surface area contributed by atoms with Crippen LogP contribution in [0.3, 0.4) is 0 Å². The number of ether oxygens (including phenoxy) is 1. The quantitative estimate of drug-likeness (QED) is 0.225. The van der Waals surface area contributed by atoms with Crippen LogP contribution in [0.15, 0.2) is 42.0 Å². The van der Waals surface area contributed by atoms with Crippen molar-refractivity contribution in [3.8, 4) is 11.5 Å². The van der Waals surface area contributed by atoms with E-state index in [-0.39, 0.29) is 53.3 Å². The molecule has 1 aliphatic heterocycles. The standard InChI is InChI=1S/C38H50O9/c1-18-32(44)38(20-6-9-33(18,2)10-7-20)36(5,45)31-27(47-38)17-37(46)24-15-25(41)29-28(19-12-21(39)14-22(40)13-19)30(43)26(42)16-34(29,3)23(24)8-11-35(31,37)4/h6,9,12-15,18,20,23,26-32,39-40,42-46H,7-8,10-11,16-17H2,1-5H3/t18-,20-,23+,26-,27-,28-,29-,30-,31+,32-,33-,34+,35+,36+,37-,38-/m0/s1. The van der Waals surface area contributed by atoms with E-state index in [1.54, 1.807) is 13.0 Å². The van der Waals surface area contributed by atoms with Gasteiger partial charge in [-0.2, -0.15) is 0 Å². The molecule has 16 atom stereocenters. The summed E-state index contributed by atoms with van der Waals surface area (Å²) in [6, 6.07) is 4.02. The first-order chi connectivity index (χ1) is 21.9. The van der Waals surface area contributed by atoms with Crippen molar-refractivity contribution in [2.45, 2.75) is 120 Å². The summed E-state index contributed by atoms with van der Waals surface area (Å²) in [6.45, 7) is 9.95. The van der Waals surface area contributed by atoms with Gasteiger partial charge in [0.05, 0.1) is 35.6 Å². The number of ketones is 1. The van der Waals surface area contributed by atoms with Crippen molar-refractivity contribution in [1.29, 1.82) is 0 Å². The molecule has 0 aromatic heterocycles. The molecule has 1 aromatic carbocycles. The number of allylic oxidation sites excluding steroid dienone is 2. The smallest absolute Gasteiger partial charge is 0.160 e. The van der Waals surface area contributed by atoms with Crippen molar-refractivity contribution in [2.24, 2.45) is 45.8 Å². The van der Waals surface area contributed by atoms with Gasteiger partial charge in [-0.3, -0.25) is 4.79 Å². The summed E-state index contributed by atoms with van der Waals surface area (Å²) >= 11 is 0. The molecule has 9 nitrogen and oxygen atoms in total. The van der Waals surface area contributed by atoms with E-state index >= 15 is 0 Å². The van der Waals surface area contributed by atoms with Crippen LogP contribution in [0.5, 0.6) is 11.5 Å². The van der Waals surface area contributed by atoms with Gasteiger partial charge >= 0.3 is 0 Å². The van der Waals surface area contributed by atoms with E-state index in [0.717, 1.165) is 12.8 Å². The number of phenols is 2. The zero-order valence-corrected chi connectivity index (χ0v) is 27.9. The predicted molar refractivity (Wildman–Crippen MR) is 171 cm³/mol. The highest BCUT2D eigenvalue weighted by atomic mass is 16.6. The average molecular weight is 651 g/mol. The third-order valence-electron chi connectivity index (χ3n) is 15.4. The van der Waals surface area contributed by atoms with Crippen LogP contribution in [-0.2, 0) is 9.53 Å². The first-order valence-electron chi connectivity index (χ1n) is 17.5. The highest BCUT2D eigenvalue weighted by Crippen LogP contribution is 2.74. The normalized spacial score (nSPS) is 56.0. The van der Waals surface area contributed by atoms with Gasteiger partial charge in [0.2, 0.25) is 0 Å². The molecule has 7 aliphatic carbocycles. The number of hydrogen-bond acceptors (Lipinski definition) is 9. The first-order valence-corrected chi connectivity index (χ1v) is 17.5. The molecule has 1 spiro atoms. The molecule has 0 amide bonds. The van der Waals surface area contributed by atoms with Gasteiger partial charge in [-0.1, -0.05) is 39.8 Å². The Morgan fingerprint density at radius 3 is 2.23 bits per heavy atom. The summed E-state index contributed by atoms with van der Waals surface area (Å²) in [5.74, 6) is -3.48. The zero-order valence-electron chi connectivity index (χ0n) is 27.9. The number of carbonyl (C=O) groups excluding carboxylic acids is 1. The number of aliphatic hydroxyl groups is 5. The maximum absolute atomic E-state index is 14.4. The van der Waals surface area contributed by atoms with Crippen molar-refractivity contribution in [2.75, 3.05) is 0 Å². The van der Waals surface area contributed by atoms with Gasteiger partial charge in [0.25, 0.3) is 0 Å². The second-order valence-electron chi connectivity index (χ2n) is 17.4. The van der Waals surface area contributed by atoms with E-state index < -0.39 is 69.8 Å². The van der Waals surface area contributed by atoms with Crippen LogP contribution in [0.1, 0.15) is 84.6 Å². The lowest BCUT2D eigenvalue weighted by Crippen LogP contribution is -2.68. The molecule has 2 bridgehead atoms. The summed E-state index contributed by atoms with van der Waals surface area (Å²) < 4.78 is 7.01. The van der Waals surface area contributed by atoms with E-state index in [1.165, 1.54) is 18.2 Å². The predicted octanol–water partition coefficient (Wildman–Crippen LogP) is 3.48. The monoisotopic (exact) mass is 650 g/mol. The summed E-state index contributed by atoms with van der Waals surface area (Å²) in [7, 11) is 0. The minimum absolute atomic E-state index is 0.141. The SMILES string of the molecule is C[C@H]1[C@H](O)[C@@]2(O[C@H]3C[C@]4(O)C5=CC(=O)[C@H]6[C@H](c7cc(O)cc(O)c7)[C@@H](O)[C@@H](O)C[C@]6(C)[C@@H]5CC[C@]4(C)[C@@H]3[C@@]2(C)O)[C@H]2C=C[C@@]1(C)CC2. The van der Waals surface area contributed by atoms with Crippen LogP contribution in [0.25, 0.3) is 0 Å². The number of carbonyl (C=O) groups is 1. The highest BCUT2D eigenvalue weighted by molar-refractivity contribution is 5.96. The molecule has 7 N–H and O–H groups in total. The Balaban J connectivity index is 1.21. The number of rotatable bonds is 1. The van der Waals surface area contributed by atoms with E-state index in [9.17, 15) is 40.5 Å². The third-order valence-corrected chi connectivity index (χ3v) is 15.4. The minimum atomic E-state index is -1.48. The van der Waals surface area contributed by atoms with Crippen molar-refractivity contribution < 1.29 is 45.3 Å². The molecule has 9 rings (SSSR count). The fraction of sp³-hybridized carbons (Fsp3) is 0.711. The van der Waals surface area contributed by atoms with Crippen LogP contribution in [-0.4, -0.2) is 82.7 Å². The second-order valence-corrected chi connectivity index (χ2v) is 17.4. The Bertz CT molecular complexity index is 1580. The lowest BCUT2D eigenvalue weighted by molar-refractivity contribution is -0.235. The molecule has 1 saturated heterocycles. The topological polar surface area (TPSA) is 168 Å². The molecule has 0 unspecified atom stereocenters. The average Bonchev–Trinajstić information content (AvgIpc) is 3.31. The van der Waals surface area contributed by atoms with Gasteiger partial charge in [0, 0.05) is 41.6 Å². The number of aliphatic hydroxyl groups excluding tert-OH is 3. The largest absolute Gasteiger partial charge is 0.508 e. The molecular weight excluding hydrogens is 600 g/mol. The van der Waals surface area contributed by atoms with Crippen LogP contribution in [0, 0.1) is 45.8 Å². The number of phenolic OH excluding ortho intramolecular Hbond substituents is 2. The second kappa shape index (κ2) is 9.49. The van der Waals surface area contributed by atoms with Crippen molar-refractivity contribution in [1.82, 2.24) is 0 Å². The fourth-order valence-corrected chi connectivity index (χ4v) is 13.0. The molecule has 9 heteroatoms. The summed E-state index contributed by atoms with van der Waals surface area (Å²) in [5.41, 5.74) is -5.16.